The molecule has 0 atom stereocenters. The van der Waals surface area contributed by atoms with Crippen molar-refractivity contribution in [3.8, 4) is 11.5 Å². The average Bonchev–Trinajstić information content (AvgIpc) is 3.23. The second-order valence-electron chi connectivity index (χ2n) is 5.39. The molecule has 20 heavy (non-hydrogen) atoms. The lowest BCUT2D eigenvalue weighted by atomic mass is 10.0. The molecule has 0 radical (unpaired) electrons. The van der Waals surface area contributed by atoms with Gasteiger partial charge in [-0.25, -0.2) is 0 Å². The Morgan fingerprint density at radius 1 is 1.00 bits per heavy atom. The Bertz CT molecular complexity index is 635. The molecule has 102 valence electrons. The molecule has 3 heteroatoms. The zero-order valence-corrected chi connectivity index (χ0v) is 11.3. The van der Waals surface area contributed by atoms with Gasteiger partial charge in [0.25, 0.3) is 0 Å². The molecule has 1 N–H and O–H groups in total. The van der Waals surface area contributed by atoms with Crippen molar-refractivity contribution in [1.82, 2.24) is 0 Å². The number of anilines is 1. The summed E-state index contributed by atoms with van der Waals surface area (Å²) < 4.78 is 10.7. The summed E-state index contributed by atoms with van der Waals surface area (Å²) in [7, 11) is 0. The van der Waals surface area contributed by atoms with Crippen molar-refractivity contribution >= 4 is 5.69 Å². The van der Waals surface area contributed by atoms with Crippen LogP contribution in [0.2, 0.25) is 0 Å². The summed E-state index contributed by atoms with van der Waals surface area (Å²) >= 11 is 0. The van der Waals surface area contributed by atoms with E-state index in [4.69, 9.17) is 9.47 Å². The molecule has 3 nitrogen and oxygen atoms in total. The predicted octanol–water partition coefficient (Wildman–Crippen LogP) is 3.90. The molecule has 0 bridgehead atoms. The van der Waals surface area contributed by atoms with Crippen LogP contribution in [0.4, 0.5) is 5.69 Å². The molecule has 1 aliphatic heterocycles. The summed E-state index contributed by atoms with van der Waals surface area (Å²) in [5, 5.41) is 3.48. The first-order valence-electron chi connectivity index (χ1n) is 7.11. The number of fused-ring (bicyclic) bond motifs is 1. The van der Waals surface area contributed by atoms with Gasteiger partial charge in [0, 0.05) is 18.3 Å². The number of nitrogens with one attached hydrogen (secondary N) is 1. The van der Waals surface area contributed by atoms with Crippen molar-refractivity contribution in [3.63, 3.8) is 0 Å². The second kappa shape index (κ2) is 4.75. The van der Waals surface area contributed by atoms with Gasteiger partial charge in [0.15, 0.2) is 11.5 Å². The summed E-state index contributed by atoms with van der Waals surface area (Å²) in [4.78, 5) is 0. The summed E-state index contributed by atoms with van der Waals surface area (Å²) in [5.74, 6) is 2.43. The molecule has 4 rings (SSSR count). The fourth-order valence-corrected chi connectivity index (χ4v) is 2.69. The van der Waals surface area contributed by atoms with E-state index in [-0.39, 0.29) is 0 Å². The van der Waals surface area contributed by atoms with Gasteiger partial charge >= 0.3 is 0 Å². The normalized spacial score (nSPS) is 16.2. The van der Waals surface area contributed by atoms with Crippen molar-refractivity contribution in [2.24, 2.45) is 0 Å². The Labute approximate surface area is 118 Å². The minimum Gasteiger partial charge on any atom is -0.454 e. The molecule has 1 aliphatic carbocycles. The van der Waals surface area contributed by atoms with E-state index in [1.54, 1.807) is 0 Å². The van der Waals surface area contributed by atoms with Gasteiger partial charge in [-0.2, -0.15) is 0 Å². The number of benzene rings is 2. The van der Waals surface area contributed by atoms with Crippen molar-refractivity contribution in [2.75, 3.05) is 12.1 Å². The van der Waals surface area contributed by atoms with Gasteiger partial charge in [-0.3, -0.25) is 0 Å². The maximum atomic E-state index is 5.40. The summed E-state index contributed by atoms with van der Waals surface area (Å²) in [6.07, 6.45) is 2.67. The Morgan fingerprint density at radius 2 is 1.85 bits per heavy atom. The zero-order chi connectivity index (χ0) is 13.4. The first-order valence-corrected chi connectivity index (χ1v) is 7.11. The smallest absolute Gasteiger partial charge is 0.231 e. The molecule has 2 aliphatic rings. The monoisotopic (exact) mass is 267 g/mol. The van der Waals surface area contributed by atoms with E-state index in [2.05, 4.69) is 29.6 Å². The first-order chi connectivity index (χ1) is 9.90. The van der Waals surface area contributed by atoms with Crippen molar-refractivity contribution in [2.45, 2.75) is 25.3 Å². The Kier molecular flexibility index (Phi) is 2.76. The van der Waals surface area contributed by atoms with Crippen LogP contribution in [0.3, 0.4) is 0 Å². The number of hydrogen-bond donors (Lipinski definition) is 1. The van der Waals surface area contributed by atoms with Crippen LogP contribution in [0, 0.1) is 0 Å². The molecule has 0 saturated heterocycles. The van der Waals surface area contributed by atoms with Crippen LogP contribution in [0.25, 0.3) is 0 Å². The van der Waals surface area contributed by atoms with Gasteiger partial charge in [0.2, 0.25) is 6.79 Å². The summed E-state index contributed by atoms with van der Waals surface area (Å²) in [5.41, 5.74) is 3.97. The highest BCUT2D eigenvalue weighted by atomic mass is 16.7. The standard InChI is InChI=1S/C17H17NO2/c1-2-4-15(12-5-6-12)13(3-1)10-18-14-7-8-16-17(9-14)20-11-19-16/h1-4,7-9,12,18H,5-6,10-11H2. The summed E-state index contributed by atoms with van der Waals surface area (Å²) in [6.45, 7) is 1.18. The van der Waals surface area contributed by atoms with Crippen LogP contribution in [-0.2, 0) is 6.54 Å². The lowest BCUT2D eigenvalue weighted by Crippen LogP contribution is -2.02. The Morgan fingerprint density at radius 3 is 2.75 bits per heavy atom. The van der Waals surface area contributed by atoms with Gasteiger partial charge in [0.1, 0.15) is 0 Å². The highest BCUT2D eigenvalue weighted by molar-refractivity contribution is 5.56. The fourth-order valence-electron chi connectivity index (χ4n) is 2.69. The number of ether oxygens (including phenoxy) is 2. The minimum absolute atomic E-state index is 0.323. The third-order valence-electron chi connectivity index (χ3n) is 3.93. The number of rotatable bonds is 4. The maximum absolute atomic E-state index is 5.40. The molecular formula is C17H17NO2. The van der Waals surface area contributed by atoms with Gasteiger partial charge in [-0.1, -0.05) is 24.3 Å². The van der Waals surface area contributed by atoms with Crippen LogP contribution in [0.1, 0.15) is 29.9 Å². The van der Waals surface area contributed by atoms with E-state index < -0.39 is 0 Å². The van der Waals surface area contributed by atoms with Crippen LogP contribution in [0.5, 0.6) is 11.5 Å². The van der Waals surface area contributed by atoms with Crippen LogP contribution < -0.4 is 14.8 Å². The molecule has 1 fully saturated rings. The van der Waals surface area contributed by atoms with Crippen LogP contribution in [0.15, 0.2) is 42.5 Å². The molecule has 0 spiro atoms. The zero-order valence-electron chi connectivity index (χ0n) is 11.3. The summed E-state index contributed by atoms with van der Waals surface area (Å²) in [6, 6.07) is 14.7. The largest absolute Gasteiger partial charge is 0.454 e. The molecule has 0 unspecified atom stereocenters. The molecule has 0 amide bonds. The SMILES string of the molecule is c1ccc(C2CC2)c(CNc2ccc3c(c2)OCO3)c1. The fraction of sp³-hybridized carbons (Fsp3) is 0.294. The first kappa shape index (κ1) is 11.6. The van der Waals surface area contributed by atoms with Gasteiger partial charge in [-0.15, -0.1) is 0 Å². The molecule has 0 aromatic heterocycles. The van der Waals surface area contributed by atoms with Crippen LogP contribution in [-0.4, -0.2) is 6.79 Å². The molecular weight excluding hydrogens is 250 g/mol. The average molecular weight is 267 g/mol. The Hall–Kier alpha value is -2.16. The lowest BCUT2D eigenvalue weighted by molar-refractivity contribution is 0.174. The van der Waals surface area contributed by atoms with Gasteiger partial charge in [-0.05, 0) is 42.0 Å². The van der Waals surface area contributed by atoms with E-state index in [0.29, 0.717) is 6.79 Å². The van der Waals surface area contributed by atoms with E-state index in [1.165, 1.54) is 24.0 Å². The van der Waals surface area contributed by atoms with Gasteiger partial charge < -0.3 is 14.8 Å². The predicted molar refractivity (Wildman–Crippen MR) is 78.3 cm³/mol. The topological polar surface area (TPSA) is 30.5 Å². The minimum atomic E-state index is 0.323. The maximum Gasteiger partial charge on any atom is 0.231 e. The van der Waals surface area contributed by atoms with E-state index in [1.807, 2.05) is 18.2 Å². The highest BCUT2D eigenvalue weighted by Crippen LogP contribution is 2.41. The van der Waals surface area contributed by atoms with Crippen molar-refractivity contribution < 1.29 is 9.47 Å². The van der Waals surface area contributed by atoms with Crippen molar-refractivity contribution in [1.29, 1.82) is 0 Å². The third kappa shape index (κ3) is 2.20. The molecule has 2 aromatic rings. The Balaban J connectivity index is 1.50. The molecule has 2 aromatic carbocycles. The van der Waals surface area contributed by atoms with Crippen LogP contribution >= 0.6 is 0 Å². The van der Waals surface area contributed by atoms with Crippen molar-refractivity contribution in [3.05, 3.63) is 53.6 Å². The number of hydrogen-bond acceptors (Lipinski definition) is 3. The van der Waals surface area contributed by atoms with E-state index in [0.717, 1.165) is 29.6 Å². The molecule has 1 heterocycles. The third-order valence-corrected chi connectivity index (χ3v) is 3.93. The second-order valence-corrected chi connectivity index (χ2v) is 5.39. The van der Waals surface area contributed by atoms with E-state index in [9.17, 15) is 0 Å². The molecule has 1 saturated carbocycles. The van der Waals surface area contributed by atoms with E-state index >= 15 is 0 Å². The lowest BCUT2D eigenvalue weighted by Gasteiger charge is -2.11. The van der Waals surface area contributed by atoms with Gasteiger partial charge in [0.05, 0.1) is 0 Å². The highest BCUT2D eigenvalue weighted by Gasteiger charge is 2.25. The quantitative estimate of drug-likeness (QED) is 0.911.